The summed E-state index contributed by atoms with van der Waals surface area (Å²) in [4.78, 5) is 16.4. The minimum Gasteiger partial charge on any atom is -0.410 e. The van der Waals surface area contributed by atoms with Crippen molar-refractivity contribution in [3.8, 4) is 5.75 Å². The van der Waals surface area contributed by atoms with Crippen molar-refractivity contribution in [1.82, 2.24) is 9.80 Å². The van der Waals surface area contributed by atoms with E-state index < -0.39 is 0 Å². The third kappa shape index (κ3) is 6.48. The number of benzene rings is 2. The molecule has 3 rings (SSSR count). The topological polar surface area (TPSA) is 32.8 Å². The van der Waals surface area contributed by atoms with E-state index in [1.807, 2.05) is 38.2 Å². The Kier molecular flexibility index (Phi) is 8.54. The fourth-order valence-electron chi connectivity index (χ4n) is 3.99. The second-order valence-corrected chi connectivity index (χ2v) is 8.28. The van der Waals surface area contributed by atoms with E-state index in [0.29, 0.717) is 11.7 Å². The monoisotopic (exact) mass is 416 g/mol. The molecule has 1 aliphatic carbocycles. The molecule has 5 heteroatoms. The van der Waals surface area contributed by atoms with E-state index in [1.165, 1.54) is 11.1 Å². The smallest absolute Gasteiger partial charge is 0.410 e. The number of rotatable bonds is 5. The molecule has 29 heavy (non-hydrogen) atoms. The van der Waals surface area contributed by atoms with Gasteiger partial charge < -0.3 is 14.5 Å². The Hall–Kier alpha value is -2.04. The van der Waals surface area contributed by atoms with E-state index >= 15 is 0 Å². The summed E-state index contributed by atoms with van der Waals surface area (Å²) in [5.74, 6) is 1.19. The number of hydrogen-bond acceptors (Lipinski definition) is 3. The van der Waals surface area contributed by atoms with Crippen LogP contribution in [-0.2, 0) is 6.54 Å². The minimum atomic E-state index is -0.264. The highest BCUT2D eigenvalue weighted by Gasteiger charge is 2.28. The Balaban J connectivity index is 0.00000300. The molecule has 1 saturated carbocycles. The maximum absolute atomic E-state index is 12.5. The summed E-state index contributed by atoms with van der Waals surface area (Å²) in [5.41, 5.74) is 3.92. The third-order valence-electron chi connectivity index (χ3n) is 5.71. The summed E-state index contributed by atoms with van der Waals surface area (Å²) < 4.78 is 5.52. The second-order valence-electron chi connectivity index (χ2n) is 8.28. The summed E-state index contributed by atoms with van der Waals surface area (Å²) in [6.45, 7) is 2.99. The molecular weight excluding hydrogens is 384 g/mol. The number of halogens is 1. The zero-order valence-electron chi connectivity index (χ0n) is 17.9. The molecule has 0 N–H and O–H groups in total. The summed E-state index contributed by atoms with van der Waals surface area (Å²) in [7, 11) is 6.04. The highest BCUT2D eigenvalue weighted by Crippen LogP contribution is 2.34. The molecule has 1 amide bonds. The SMILES string of the molecule is Cc1ccc(OC(=O)N(C)[C@H]2CC[C@H](c3ccc(CN(C)C)cc3)CC2)cc1.Cl. The Morgan fingerprint density at radius 1 is 0.931 bits per heavy atom. The standard InChI is InChI=1S/C24H32N2O2.ClH/c1-18-5-15-23(16-6-18)28-24(27)26(4)22-13-11-21(12-14-22)20-9-7-19(8-10-20)17-25(2)3;/h5-10,15-16,21-22H,11-14,17H2,1-4H3;1H/t21-,22-;. The maximum Gasteiger partial charge on any atom is 0.415 e. The number of nitrogens with zero attached hydrogens (tertiary/aromatic N) is 2. The zero-order valence-corrected chi connectivity index (χ0v) is 18.7. The molecular formula is C24H33ClN2O2. The van der Waals surface area contributed by atoms with Crippen LogP contribution >= 0.6 is 12.4 Å². The summed E-state index contributed by atoms with van der Waals surface area (Å²) in [6.07, 6.45) is 3.99. The van der Waals surface area contributed by atoms with Crippen LogP contribution in [0.1, 0.15) is 48.3 Å². The molecule has 1 fully saturated rings. The Labute approximate surface area is 181 Å². The van der Waals surface area contributed by atoms with Crippen molar-refractivity contribution in [1.29, 1.82) is 0 Å². The first-order valence-corrected chi connectivity index (χ1v) is 10.2. The summed E-state index contributed by atoms with van der Waals surface area (Å²) >= 11 is 0. The van der Waals surface area contributed by atoms with Crippen LogP contribution in [0.5, 0.6) is 5.75 Å². The lowest BCUT2D eigenvalue weighted by atomic mass is 9.81. The lowest BCUT2D eigenvalue weighted by Gasteiger charge is -2.34. The molecule has 0 spiro atoms. The maximum atomic E-state index is 12.5. The minimum absolute atomic E-state index is 0. The van der Waals surface area contributed by atoms with E-state index in [9.17, 15) is 4.79 Å². The largest absolute Gasteiger partial charge is 0.415 e. The van der Waals surface area contributed by atoms with Gasteiger partial charge in [-0.05, 0) is 75.9 Å². The van der Waals surface area contributed by atoms with E-state index in [2.05, 4.69) is 43.3 Å². The number of carbonyl (C=O) groups excluding carboxylic acids is 1. The summed E-state index contributed by atoms with van der Waals surface area (Å²) in [5, 5.41) is 0. The van der Waals surface area contributed by atoms with Gasteiger partial charge in [-0.2, -0.15) is 0 Å². The van der Waals surface area contributed by atoms with Gasteiger partial charge in [-0.1, -0.05) is 42.0 Å². The molecule has 0 heterocycles. The fourth-order valence-corrected chi connectivity index (χ4v) is 3.99. The first-order valence-electron chi connectivity index (χ1n) is 10.2. The van der Waals surface area contributed by atoms with Crippen molar-refractivity contribution in [3.05, 3.63) is 65.2 Å². The van der Waals surface area contributed by atoms with Gasteiger partial charge in [-0.25, -0.2) is 4.79 Å². The van der Waals surface area contributed by atoms with Crippen molar-refractivity contribution >= 4 is 18.5 Å². The normalized spacial score (nSPS) is 18.8. The fraction of sp³-hybridized carbons (Fsp3) is 0.458. The number of amides is 1. The highest BCUT2D eigenvalue weighted by atomic mass is 35.5. The van der Waals surface area contributed by atoms with Gasteiger partial charge in [0.2, 0.25) is 0 Å². The quantitative estimate of drug-likeness (QED) is 0.632. The van der Waals surface area contributed by atoms with E-state index in [1.54, 1.807) is 4.90 Å². The zero-order chi connectivity index (χ0) is 20.1. The van der Waals surface area contributed by atoms with Gasteiger partial charge in [0.25, 0.3) is 0 Å². The van der Waals surface area contributed by atoms with Gasteiger partial charge in [0.05, 0.1) is 0 Å². The average molecular weight is 417 g/mol. The molecule has 0 radical (unpaired) electrons. The Morgan fingerprint density at radius 2 is 1.52 bits per heavy atom. The van der Waals surface area contributed by atoms with Crippen molar-refractivity contribution in [2.75, 3.05) is 21.1 Å². The predicted octanol–water partition coefficient (Wildman–Crippen LogP) is 5.64. The van der Waals surface area contributed by atoms with Crippen LogP contribution in [0.25, 0.3) is 0 Å². The first-order chi connectivity index (χ1) is 13.4. The molecule has 0 unspecified atom stereocenters. The molecule has 0 bridgehead atoms. The third-order valence-corrected chi connectivity index (χ3v) is 5.71. The van der Waals surface area contributed by atoms with Crippen molar-refractivity contribution in [3.63, 3.8) is 0 Å². The number of hydrogen-bond donors (Lipinski definition) is 0. The van der Waals surface area contributed by atoms with E-state index in [4.69, 9.17) is 4.74 Å². The number of ether oxygens (including phenoxy) is 1. The molecule has 1 aliphatic rings. The van der Waals surface area contributed by atoms with Crippen LogP contribution in [0.3, 0.4) is 0 Å². The molecule has 0 aliphatic heterocycles. The van der Waals surface area contributed by atoms with E-state index in [0.717, 1.165) is 37.8 Å². The van der Waals surface area contributed by atoms with Crippen LogP contribution in [-0.4, -0.2) is 43.1 Å². The second kappa shape index (κ2) is 10.7. The molecule has 2 aromatic rings. The van der Waals surface area contributed by atoms with Gasteiger partial charge in [-0.15, -0.1) is 12.4 Å². The van der Waals surface area contributed by atoms with Crippen molar-refractivity contribution in [2.24, 2.45) is 0 Å². The van der Waals surface area contributed by atoms with Gasteiger partial charge in [0.15, 0.2) is 0 Å². The van der Waals surface area contributed by atoms with Gasteiger partial charge in [0.1, 0.15) is 5.75 Å². The molecule has 0 aromatic heterocycles. The van der Waals surface area contributed by atoms with Gasteiger partial charge in [0, 0.05) is 19.6 Å². The van der Waals surface area contributed by atoms with Crippen molar-refractivity contribution < 1.29 is 9.53 Å². The van der Waals surface area contributed by atoms with E-state index in [-0.39, 0.29) is 24.5 Å². The number of aryl methyl sites for hydroxylation is 1. The Morgan fingerprint density at radius 3 is 2.07 bits per heavy atom. The van der Waals surface area contributed by atoms with Gasteiger partial charge in [-0.3, -0.25) is 0 Å². The average Bonchev–Trinajstić information content (AvgIpc) is 2.69. The number of carbonyl (C=O) groups is 1. The van der Waals surface area contributed by atoms with Gasteiger partial charge >= 0.3 is 6.09 Å². The summed E-state index contributed by atoms with van der Waals surface area (Å²) in [6, 6.07) is 16.9. The molecule has 158 valence electrons. The Bertz CT molecular complexity index is 766. The molecule has 4 nitrogen and oxygen atoms in total. The highest BCUT2D eigenvalue weighted by molar-refractivity contribution is 5.85. The van der Waals surface area contributed by atoms with Crippen molar-refractivity contribution in [2.45, 2.75) is 51.1 Å². The van der Waals surface area contributed by atoms with Crippen LogP contribution < -0.4 is 4.74 Å². The predicted molar refractivity (Wildman–Crippen MR) is 121 cm³/mol. The molecule has 0 saturated heterocycles. The lowest BCUT2D eigenvalue weighted by Crippen LogP contribution is -2.40. The van der Waals surface area contributed by atoms with Crippen LogP contribution in [0.4, 0.5) is 4.79 Å². The molecule has 0 atom stereocenters. The van der Waals surface area contributed by atoms with Crippen LogP contribution in [0.15, 0.2) is 48.5 Å². The molecule has 2 aromatic carbocycles. The lowest BCUT2D eigenvalue weighted by molar-refractivity contribution is 0.130. The first kappa shape index (κ1) is 23.2. The van der Waals surface area contributed by atoms with Crippen LogP contribution in [0, 0.1) is 6.92 Å². The van der Waals surface area contributed by atoms with Crippen LogP contribution in [0.2, 0.25) is 0 Å².